The zero-order valence-electron chi connectivity index (χ0n) is 38.2. The number of fused-ring (bicyclic) bond motifs is 5. The third-order valence-corrected chi connectivity index (χ3v) is 16.8. The summed E-state index contributed by atoms with van der Waals surface area (Å²) in [6.07, 6.45) is 2.02. The molecule has 21 atom stereocenters. The smallest absolute Gasteiger partial charge is 0.333 e. The Morgan fingerprint density at radius 1 is 0.803 bits per heavy atom. The van der Waals surface area contributed by atoms with Crippen LogP contribution < -0.4 is 0 Å². The molecule has 3 saturated carbocycles. The van der Waals surface area contributed by atoms with Crippen molar-refractivity contribution >= 4 is 11.8 Å². The molecule has 3 N–H and O–H groups in total. The zero-order valence-corrected chi connectivity index (χ0v) is 38.2. The second-order valence-electron chi connectivity index (χ2n) is 19.9. The molecular weight excluding hydrogens is 789 g/mol. The molecule has 3 heterocycles. The van der Waals surface area contributed by atoms with Gasteiger partial charge in [0.1, 0.15) is 30.2 Å². The van der Waals surface area contributed by atoms with E-state index in [1.807, 2.05) is 27.7 Å². The number of ketones is 1. The Labute approximate surface area is 362 Å². The van der Waals surface area contributed by atoms with E-state index in [9.17, 15) is 24.9 Å². The number of carbonyl (C=O) groups excluding carboxylic acids is 2. The number of aliphatic hydroxyl groups excluding tert-OH is 2. The number of methoxy groups -OCH3 is 2. The van der Waals surface area contributed by atoms with Crippen molar-refractivity contribution in [3.63, 3.8) is 0 Å². The van der Waals surface area contributed by atoms with Crippen LogP contribution in [0.4, 0.5) is 0 Å². The van der Waals surface area contributed by atoms with Crippen LogP contribution in [0.25, 0.3) is 0 Å². The van der Waals surface area contributed by atoms with E-state index < -0.39 is 90.6 Å². The fourth-order valence-corrected chi connectivity index (χ4v) is 12.8. The maximum Gasteiger partial charge on any atom is 0.333 e. The summed E-state index contributed by atoms with van der Waals surface area (Å²) in [5, 5.41) is 34.0. The Kier molecular flexibility index (Phi) is 14.1. The predicted molar refractivity (Wildman–Crippen MR) is 222 cm³/mol. The first-order valence-corrected chi connectivity index (χ1v) is 22.9. The Morgan fingerprint density at radius 3 is 2.03 bits per heavy atom. The molecule has 0 aromatic heterocycles. The summed E-state index contributed by atoms with van der Waals surface area (Å²) in [5.41, 5.74) is -0.416. The van der Waals surface area contributed by atoms with Crippen molar-refractivity contribution in [2.75, 3.05) is 14.2 Å². The van der Waals surface area contributed by atoms with Gasteiger partial charge in [0.2, 0.25) is 0 Å². The van der Waals surface area contributed by atoms with Crippen LogP contribution in [-0.2, 0) is 52.2 Å². The Hall–Kier alpha value is -1.82. The number of ether oxygens (including phenoxy) is 9. The van der Waals surface area contributed by atoms with Gasteiger partial charge >= 0.3 is 5.97 Å². The maximum absolute atomic E-state index is 13.3. The summed E-state index contributed by atoms with van der Waals surface area (Å²) >= 11 is 0. The van der Waals surface area contributed by atoms with Crippen LogP contribution in [0.15, 0.2) is 23.3 Å². The topological polar surface area (TPSA) is 178 Å². The molecular formula is C47H74O14. The van der Waals surface area contributed by atoms with Gasteiger partial charge in [0.25, 0.3) is 0 Å². The van der Waals surface area contributed by atoms with Gasteiger partial charge in [-0.15, -0.1) is 0 Å². The van der Waals surface area contributed by atoms with Crippen LogP contribution in [0.3, 0.4) is 0 Å². The van der Waals surface area contributed by atoms with Gasteiger partial charge in [-0.05, 0) is 104 Å². The molecule has 61 heavy (non-hydrogen) atoms. The monoisotopic (exact) mass is 863 g/mol. The quantitative estimate of drug-likeness (QED) is 0.138. The fraction of sp³-hybridized carbons (Fsp3) is 0.872. The van der Waals surface area contributed by atoms with Crippen molar-refractivity contribution in [2.24, 2.45) is 34.5 Å². The normalized spacial score (nSPS) is 50.2. The van der Waals surface area contributed by atoms with Crippen molar-refractivity contribution in [3.8, 4) is 0 Å². The molecule has 6 fully saturated rings. The molecule has 14 nitrogen and oxygen atoms in total. The lowest BCUT2D eigenvalue weighted by molar-refractivity contribution is -0.347. The average molecular weight is 863 g/mol. The van der Waals surface area contributed by atoms with Gasteiger partial charge in [0.15, 0.2) is 18.9 Å². The first-order valence-electron chi connectivity index (χ1n) is 22.9. The zero-order chi connectivity index (χ0) is 44.3. The molecule has 14 heteroatoms. The molecule has 3 aliphatic heterocycles. The standard InChI is InChI=1S/C47H74O14/c1-12-23(2)43(51)59-36-20-33-32(47(52)18-16-31(25(4)48)46(36,47)9)14-13-29-19-30(15-17-45(29,33)8)58-37-21-34(53-10)41(27(6)55-37)60-38-22-35(54-11)42(28(7)56-38)61-44-40(50)24(3)39(49)26(5)57-44/h12-13,24,26-28,30-42,44,49-50,52H,14-22H2,1-11H3/b23-12+/t24?,26?,27?,28?,30?,31?,32?,33?,34?,35?,36?,37?,38?,39?,40?,41?,42?,44?,45?,46-,47?/m0/s1. The van der Waals surface area contributed by atoms with Gasteiger partial charge in [0.05, 0.1) is 48.3 Å². The van der Waals surface area contributed by atoms with E-state index in [-0.39, 0.29) is 47.3 Å². The van der Waals surface area contributed by atoms with E-state index >= 15 is 0 Å². The van der Waals surface area contributed by atoms with E-state index in [1.54, 1.807) is 48.0 Å². The van der Waals surface area contributed by atoms with Gasteiger partial charge in [-0.2, -0.15) is 0 Å². The Bertz CT molecular complexity index is 1650. The molecule has 0 aromatic carbocycles. The Morgan fingerprint density at radius 2 is 1.43 bits per heavy atom. The summed E-state index contributed by atoms with van der Waals surface area (Å²) in [5.74, 6) is -1.13. The van der Waals surface area contributed by atoms with E-state index in [0.29, 0.717) is 44.1 Å². The number of rotatable bonds is 11. The SMILES string of the molecule is C/C=C(\C)C(=O)OC1CC2C(CC=C3CC(OC4CC(OC)C(OC5CC(OC)C(OC6OC(C)C(O)C(C)C6O)C(C)O5)C(C)O4)CCC32C)C2(O)CCC(C(C)=O)[C@@]12C. The summed E-state index contributed by atoms with van der Waals surface area (Å²) < 4.78 is 56.5. The van der Waals surface area contributed by atoms with Crippen LogP contribution in [0, 0.1) is 34.5 Å². The van der Waals surface area contributed by atoms with Gasteiger partial charge < -0.3 is 58.0 Å². The minimum Gasteiger partial charge on any atom is -0.458 e. The number of carbonyl (C=O) groups is 2. The molecule has 346 valence electrons. The predicted octanol–water partition coefficient (Wildman–Crippen LogP) is 5.32. The molecule has 20 unspecified atom stereocenters. The number of allylic oxidation sites excluding steroid dienone is 2. The molecule has 4 aliphatic carbocycles. The summed E-state index contributed by atoms with van der Waals surface area (Å²) in [6.45, 7) is 16.8. The molecule has 0 bridgehead atoms. The molecule has 0 amide bonds. The second kappa shape index (κ2) is 18.2. The van der Waals surface area contributed by atoms with Crippen LogP contribution in [0.2, 0.25) is 0 Å². The van der Waals surface area contributed by atoms with Gasteiger partial charge in [-0.3, -0.25) is 4.79 Å². The van der Waals surface area contributed by atoms with E-state index in [1.165, 1.54) is 5.57 Å². The van der Waals surface area contributed by atoms with Crippen LogP contribution in [0.5, 0.6) is 0 Å². The second-order valence-corrected chi connectivity index (χ2v) is 19.9. The number of hydrogen-bond donors (Lipinski definition) is 3. The summed E-state index contributed by atoms with van der Waals surface area (Å²) in [4.78, 5) is 26.4. The molecule has 0 spiro atoms. The van der Waals surface area contributed by atoms with Crippen LogP contribution in [-0.4, -0.2) is 133 Å². The Balaban J connectivity index is 0.982. The number of aliphatic hydroxyl groups is 3. The number of esters is 1. The number of hydrogen-bond acceptors (Lipinski definition) is 14. The van der Waals surface area contributed by atoms with Gasteiger partial charge in [-0.25, -0.2) is 4.79 Å². The maximum atomic E-state index is 13.3. The molecule has 3 saturated heterocycles. The van der Waals surface area contributed by atoms with Crippen LogP contribution >= 0.6 is 0 Å². The highest BCUT2D eigenvalue weighted by atomic mass is 16.7. The number of Topliss-reactive ketones (excluding diaryl/α,β-unsaturated/α-hetero) is 1. The molecule has 7 rings (SSSR count). The molecule has 0 aromatic rings. The first-order chi connectivity index (χ1) is 28.8. The van der Waals surface area contributed by atoms with E-state index in [0.717, 1.165) is 19.3 Å². The summed E-state index contributed by atoms with van der Waals surface area (Å²) in [7, 11) is 3.28. The third kappa shape index (κ3) is 8.36. The third-order valence-electron chi connectivity index (χ3n) is 16.8. The molecule has 7 aliphatic rings. The van der Waals surface area contributed by atoms with Crippen molar-refractivity contribution in [3.05, 3.63) is 23.3 Å². The van der Waals surface area contributed by atoms with Crippen LogP contribution in [0.1, 0.15) is 120 Å². The lowest BCUT2D eigenvalue weighted by Gasteiger charge is -2.63. The molecule has 0 radical (unpaired) electrons. The van der Waals surface area contributed by atoms with Crippen molar-refractivity contribution in [1.29, 1.82) is 0 Å². The highest BCUT2D eigenvalue weighted by Gasteiger charge is 2.71. The van der Waals surface area contributed by atoms with Crippen molar-refractivity contribution < 1.29 is 67.5 Å². The highest BCUT2D eigenvalue weighted by molar-refractivity contribution is 5.88. The lowest BCUT2D eigenvalue weighted by Crippen LogP contribution is -2.66. The lowest BCUT2D eigenvalue weighted by atomic mass is 9.45. The highest BCUT2D eigenvalue weighted by Crippen LogP contribution is 2.68. The minimum atomic E-state index is -1.14. The van der Waals surface area contributed by atoms with E-state index in [2.05, 4.69) is 13.0 Å². The van der Waals surface area contributed by atoms with Gasteiger partial charge in [-0.1, -0.05) is 38.5 Å². The average Bonchev–Trinajstić information content (AvgIpc) is 3.52. The van der Waals surface area contributed by atoms with E-state index in [4.69, 9.17) is 42.6 Å². The van der Waals surface area contributed by atoms with Crippen molar-refractivity contribution in [1.82, 2.24) is 0 Å². The van der Waals surface area contributed by atoms with Crippen molar-refractivity contribution in [2.45, 2.75) is 212 Å². The fourth-order valence-electron chi connectivity index (χ4n) is 12.8. The minimum absolute atomic E-state index is 0.0420. The summed E-state index contributed by atoms with van der Waals surface area (Å²) in [6, 6.07) is 0. The first kappa shape index (κ1) is 47.2. The van der Waals surface area contributed by atoms with Gasteiger partial charge in [0, 0.05) is 49.9 Å². The largest absolute Gasteiger partial charge is 0.458 e.